The zero-order valence-corrected chi connectivity index (χ0v) is 12.8. The second-order valence-corrected chi connectivity index (χ2v) is 5.64. The lowest BCUT2D eigenvalue weighted by Crippen LogP contribution is -2.40. The molecule has 19 heavy (non-hydrogen) atoms. The second kappa shape index (κ2) is 8.53. The molecular weight excluding hydrogens is 307 g/mol. The fourth-order valence-corrected chi connectivity index (χ4v) is 2.60. The SMILES string of the molecule is CSC[C@@H](CCO)NC(=O)Nc1ccc(Cl)cc1Cl. The van der Waals surface area contributed by atoms with Gasteiger partial charge < -0.3 is 15.7 Å². The van der Waals surface area contributed by atoms with Crippen LogP contribution < -0.4 is 10.6 Å². The van der Waals surface area contributed by atoms with Gasteiger partial charge in [-0.1, -0.05) is 23.2 Å². The van der Waals surface area contributed by atoms with Crippen LogP contribution in [0, 0.1) is 0 Å². The third-order valence-corrected chi connectivity index (χ3v) is 3.64. The minimum Gasteiger partial charge on any atom is -0.396 e. The zero-order valence-electron chi connectivity index (χ0n) is 10.5. The van der Waals surface area contributed by atoms with E-state index in [-0.39, 0.29) is 18.7 Å². The number of aliphatic hydroxyl groups is 1. The fraction of sp³-hybridized carbons (Fsp3) is 0.417. The largest absolute Gasteiger partial charge is 0.396 e. The van der Waals surface area contributed by atoms with Crippen molar-refractivity contribution >= 4 is 46.7 Å². The summed E-state index contributed by atoms with van der Waals surface area (Å²) in [6, 6.07) is 4.42. The van der Waals surface area contributed by atoms with Gasteiger partial charge in [0.15, 0.2) is 0 Å². The van der Waals surface area contributed by atoms with Crippen molar-refractivity contribution in [2.24, 2.45) is 0 Å². The molecule has 0 spiro atoms. The number of amides is 2. The van der Waals surface area contributed by atoms with E-state index in [4.69, 9.17) is 28.3 Å². The zero-order chi connectivity index (χ0) is 14.3. The number of benzene rings is 1. The summed E-state index contributed by atoms with van der Waals surface area (Å²) in [5.74, 6) is 0.738. The second-order valence-electron chi connectivity index (χ2n) is 3.89. The lowest BCUT2D eigenvalue weighted by atomic mass is 10.2. The third kappa shape index (κ3) is 5.91. The monoisotopic (exact) mass is 322 g/mol. The molecule has 0 heterocycles. The summed E-state index contributed by atoms with van der Waals surface area (Å²) in [6.07, 6.45) is 2.46. The Kier molecular flexibility index (Phi) is 7.38. The highest BCUT2D eigenvalue weighted by molar-refractivity contribution is 7.98. The minimum absolute atomic E-state index is 0.0349. The number of carbonyl (C=O) groups is 1. The van der Waals surface area contributed by atoms with Crippen molar-refractivity contribution in [2.75, 3.05) is 23.9 Å². The van der Waals surface area contributed by atoms with E-state index in [2.05, 4.69) is 10.6 Å². The maximum Gasteiger partial charge on any atom is 0.319 e. The standard InChI is InChI=1S/C12H16Cl2N2O2S/c1-19-7-9(4-5-17)15-12(18)16-11-3-2-8(13)6-10(11)14/h2-3,6,9,17H,4-5,7H2,1H3,(H2,15,16,18)/t9-/m1/s1. The number of carbonyl (C=O) groups excluding carboxylic acids is 1. The Labute approximate surface area is 126 Å². The molecule has 0 radical (unpaired) electrons. The first-order valence-corrected chi connectivity index (χ1v) is 7.84. The van der Waals surface area contributed by atoms with Gasteiger partial charge in [0.1, 0.15) is 0 Å². The number of urea groups is 1. The van der Waals surface area contributed by atoms with Crippen molar-refractivity contribution in [3.63, 3.8) is 0 Å². The van der Waals surface area contributed by atoms with Crippen LogP contribution in [0.3, 0.4) is 0 Å². The topological polar surface area (TPSA) is 61.4 Å². The van der Waals surface area contributed by atoms with Crippen LogP contribution >= 0.6 is 35.0 Å². The molecule has 1 aromatic rings. The van der Waals surface area contributed by atoms with Gasteiger partial charge >= 0.3 is 6.03 Å². The summed E-state index contributed by atoms with van der Waals surface area (Å²) in [7, 11) is 0. The minimum atomic E-state index is -0.350. The van der Waals surface area contributed by atoms with Gasteiger partial charge in [-0.05, 0) is 30.9 Å². The summed E-state index contributed by atoms with van der Waals surface area (Å²) < 4.78 is 0. The van der Waals surface area contributed by atoms with Crippen molar-refractivity contribution in [3.05, 3.63) is 28.2 Å². The van der Waals surface area contributed by atoms with E-state index in [9.17, 15) is 4.79 Å². The molecule has 0 bridgehead atoms. The highest BCUT2D eigenvalue weighted by atomic mass is 35.5. The van der Waals surface area contributed by atoms with Crippen molar-refractivity contribution in [1.29, 1.82) is 0 Å². The number of thioether (sulfide) groups is 1. The van der Waals surface area contributed by atoms with Crippen LogP contribution in [-0.2, 0) is 0 Å². The quantitative estimate of drug-likeness (QED) is 0.753. The van der Waals surface area contributed by atoms with E-state index in [1.165, 1.54) is 0 Å². The molecule has 0 aliphatic rings. The Morgan fingerprint density at radius 2 is 2.21 bits per heavy atom. The van der Waals surface area contributed by atoms with Gasteiger partial charge in [0.25, 0.3) is 0 Å². The fourth-order valence-electron chi connectivity index (χ4n) is 1.49. The predicted octanol–water partition coefficient (Wildman–Crippen LogP) is 3.23. The summed E-state index contributed by atoms with van der Waals surface area (Å²) in [6.45, 7) is 0.0349. The molecule has 0 saturated heterocycles. The Hall–Kier alpha value is -0.620. The van der Waals surface area contributed by atoms with Gasteiger partial charge in [0, 0.05) is 23.4 Å². The highest BCUT2D eigenvalue weighted by Crippen LogP contribution is 2.25. The van der Waals surface area contributed by atoms with Crippen LogP contribution in [-0.4, -0.2) is 35.8 Å². The lowest BCUT2D eigenvalue weighted by molar-refractivity contribution is 0.241. The molecule has 1 aromatic carbocycles. The summed E-state index contributed by atoms with van der Waals surface area (Å²) in [5.41, 5.74) is 0.496. The Bertz CT molecular complexity index is 426. The number of hydrogen-bond donors (Lipinski definition) is 3. The number of halogens is 2. The third-order valence-electron chi connectivity index (χ3n) is 2.36. The maximum absolute atomic E-state index is 11.8. The molecule has 106 valence electrons. The molecule has 7 heteroatoms. The van der Waals surface area contributed by atoms with Gasteiger partial charge in [0.2, 0.25) is 0 Å². The normalized spacial score (nSPS) is 12.0. The van der Waals surface area contributed by atoms with Gasteiger partial charge in [-0.25, -0.2) is 4.79 Å². The molecule has 3 N–H and O–H groups in total. The van der Waals surface area contributed by atoms with E-state index in [0.29, 0.717) is 22.2 Å². The van der Waals surface area contributed by atoms with Crippen LogP contribution in [0.2, 0.25) is 10.0 Å². The Morgan fingerprint density at radius 1 is 1.47 bits per heavy atom. The summed E-state index contributed by atoms with van der Waals surface area (Å²) in [4.78, 5) is 11.8. The van der Waals surface area contributed by atoms with Crippen molar-refractivity contribution in [2.45, 2.75) is 12.5 Å². The first-order chi connectivity index (χ1) is 9.06. The first kappa shape index (κ1) is 16.4. The van der Waals surface area contributed by atoms with E-state index in [0.717, 1.165) is 5.75 Å². The molecule has 1 rings (SSSR count). The van der Waals surface area contributed by atoms with E-state index < -0.39 is 0 Å². The molecule has 2 amide bonds. The van der Waals surface area contributed by atoms with Gasteiger partial charge in [0.05, 0.1) is 10.7 Å². The van der Waals surface area contributed by atoms with E-state index in [1.54, 1.807) is 30.0 Å². The van der Waals surface area contributed by atoms with Crippen molar-refractivity contribution in [3.8, 4) is 0 Å². The number of aliphatic hydroxyl groups excluding tert-OH is 1. The summed E-state index contributed by atoms with van der Waals surface area (Å²) >= 11 is 13.3. The summed E-state index contributed by atoms with van der Waals surface area (Å²) in [5, 5.41) is 15.3. The van der Waals surface area contributed by atoms with E-state index in [1.807, 2.05) is 6.26 Å². The van der Waals surface area contributed by atoms with Crippen LogP contribution in [0.5, 0.6) is 0 Å². The van der Waals surface area contributed by atoms with Crippen LogP contribution in [0.25, 0.3) is 0 Å². The average molecular weight is 323 g/mol. The number of rotatable bonds is 6. The van der Waals surface area contributed by atoms with Crippen LogP contribution in [0.4, 0.5) is 10.5 Å². The molecule has 0 saturated carbocycles. The highest BCUT2D eigenvalue weighted by Gasteiger charge is 2.12. The number of nitrogens with one attached hydrogen (secondary N) is 2. The first-order valence-electron chi connectivity index (χ1n) is 5.69. The molecule has 0 aliphatic heterocycles. The molecular formula is C12H16Cl2N2O2S. The molecule has 0 fully saturated rings. The maximum atomic E-state index is 11.8. The molecule has 0 unspecified atom stereocenters. The van der Waals surface area contributed by atoms with Crippen molar-refractivity contribution in [1.82, 2.24) is 5.32 Å². The number of anilines is 1. The Balaban J connectivity index is 2.58. The predicted molar refractivity (Wildman–Crippen MR) is 82.5 cm³/mol. The Morgan fingerprint density at radius 3 is 2.79 bits per heavy atom. The number of hydrogen-bond acceptors (Lipinski definition) is 3. The molecule has 0 aromatic heterocycles. The van der Waals surface area contributed by atoms with E-state index >= 15 is 0 Å². The van der Waals surface area contributed by atoms with Crippen LogP contribution in [0.15, 0.2) is 18.2 Å². The molecule has 1 atom stereocenters. The van der Waals surface area contributed by atoms with Crippen molar-refractivity contribution < 1.29 is 9.90 Å². The van der Waals surface area contributed by atoms with Crippen LogP contribution in [0.1, 0.15) is 6.42 Å². The lowest BCUT2D eigenvalue weighted by Gasteiger charge is -2.17. The van der Waals surface area contributed by atoms with Gasteiger partial charge in [-0.3, -0.25) is 0 Å². The smallest absolute Gasteiger partial charge is 0.319 e. The average Bonchev–Trinajstić information content (AvgIpc) is 2.33. The van der Waals surface area contributed by atoms with Gasteiger partial charge in [-0.15, -0.1) is 0 Å². The molecule has 0 aliphatic carbocycles. The molecule has 4 nitrogen and oxygen atoms in total. The van der Waals surface area contributed by atoms with Gasteiger partial charge in [-0.2, -0.15) is 11.8 Å².